The van der Waals surface area contributed by atoms with Crippen LogP contribution in [0, 0.1) is 5.82 Å². The van der Waals surface area contributed by atoms with Gasteiger partial charge in [-0.2, -0.15) is 0 Å². The summed E-state index contributed by atoms with van der Waals surface area (Å²) in [5, 5.41) is 8.65. The Balaban J connectivity index is 1.72. The molecule has 2 fully saturated rings. The van der Waals surface area contributed by atoms with E-state index < -0.39 is 17.0 Å². The number of aliphatic hydroxyl groups excluding tert-OH is 1. The molecule has 1 atom stereocenters. The van der Waals surface area contributed by atoms with Crippen LogP contribution in [0.25, 0.3) is 6.08 Å². The molecular formula is C19H21FN2O4S. The first-order valence-corrected chi connectivity index (χ1v) is 9.73. The lowest BCUT2D eigenvalue weighted by Gasteiger charge is -2.36. The molecule has 0 unspecified atom stereocenters. The summed E-state index contributed by atoms with van der Waals surface area (Å²) in [7, 11) is 0. The third-order valence-electron chi connectivity index (χ3n) is 4.77. The quantitative estimate of drug-likeness (QED) is 0.780. The number of piperidine rings is 1. The van der Waals surface area contributed by atoms with Gasteiger partial charge in [0.15, 0.2) is 0 Å². The van der Waals surface area contributed by atoms with Crippen LogP contribution in [-0.2, 0) is 9.59 Å². The fourth-order valence-corrected chi connectivity index (χ4v) is 4.20. The molecule has 6 nitrogen and oxygen atoms in total. The van der Waals surface area contributed by atoms with Gasteiger partial charge in [-0.3, -0.25) is 19.3 Å². The van der Waals surface area contributed by atoms with Gasteiger partial charge in [-0.1, -0.05) is 18.2 Å². The zero-order chi connectivity index (χ0) is 19.4. The summed E-state index contributed by atoms with van der Waals surface area (Å²) in [5.41, 5.74) is 0.216. The predicted octanol–water partition coefficient (Wildman–Crippen LogP) is 2.63. The van der Waals surface area contributed by atoms with Crippen molar-refractivity contribution in [3.63, 3.8) is 0 Å². The number of hydrogen-bond donors (Lipinski definition) is 1. The van der Waals surface area contributed by atoms with E-state index in [9.17, 15) is 23.9 Å². The van der Waals surface area contributed by atoms with Crippen molar-refractivity contribution >= 4 is 34.9 Å². The van der Waals surface area contributed by atoms with Gasteiger partial charge in [0.05, 0.1) is 4.91 Å². The number of rotatable bonds is 5. The minimum Gasteiger partial charge on any atom is -0.396 e. The van der Waals surface area contributed by atoms with Crippen molar-refractivity contribution in [3.8, 4) is 0 Å². The van der Waals surface area contributed by atoms with Crippen LogP contribution < -0.4 is 0 Å². The van der Waals surface area contributed by atoms with Gasteiger partial charge in [0.2, 0.25) is 5.91 Å². The topological polar surface area (TPSA) is 77.9 Å². The maximum atomic E-state index is 13.8. The lowest BCUT2D eigenvalue weighted by molar-refractivity contribution is -0.139. The third-order valence-corrected chi connectivity index (χ3v) is 5.68. The number of nitrogens with zero attached hydrogens (tertiary/aromatic N) is 2. The van der Waals surface area contributed by atoms with Gasteiger partial charge in [-0.15, -0.1) is 0 Å². The summed E-state index contributed by atoms with van der Waals surface area (Å²) in [6.45, 7) is 0.216. The van der Waals surface area contributed by atoms with Crippen molar-refractivity contribution in [1.29, 1.82) is 0 Å². The smallest absolute Gasteiger partial charge is 0.294 e. The van der Waals surface area contributed by atoms with Crippen LogP contribution in [0.1, 0.15) is 31.2 Å². The average Bonchev–Trinajstić information content (AvgIpc) is 2.92. The Morgan fingerprint density at radius 2 is 2.07 bits per heavy atom. The number of hydrogen-bond acceptors (Lipinski definition) is 5. The van der Waals surface area contributed by atoms with E-state index in [0.717, 1.165) is 24.2 Å². The summed E-state index contributed by atoms with van der Waals surface area (Å²) in [6, 6.07) is 5.91. The minimum atomic E-state index is -0.586. The molecule has 2 saturated heterocycles. The summed E-state index contributed by atoms with van der Waals surface area (Å²) in [4.78, 5) is 40.1. The summed E-state index contributed by atoms with van der Waals surface area (Å²) in [6.07, 6.45) is 4.48. The number of halogens is 1. The summed E-state index contributed by atoms with van der Waals surface area (Å²) >= 11 is 0.706. The van der Waals surface area contributed by atoms with Gasteiger partial charge in [0.1, 0.15) is 12.4 Å². The maximum Gasteiger partial charge on any atom is 0.294 e. The second-order valence-corrected chi connectivity index (χ2v) is 7.53. The van der Waals surface area contributed by atoms with Crippen LogP contribution in [0.4, 0.5) is 9.18 Å². The van der Waals surface area contributed by atoms with E-state index in [1.165, 1.54) is 18.2 Å². The van der Waals surface area contributed by atoms with E-state index in [1.54, 1.807) is 17.0 Å². The second-order valence-electron chi connectivity index (χ2n) is 6.54. The third kappa shape index (κ3) is 4.39. The molecule has 3 rings (SSSR count). The molecule has 0 aliphatic carbocycles. The normalized spacial score (nSPS) is 22.0. The van der Waals surface area contributed by atoms with E-state index in [2.05, 4.69) is 0 Å². The highest BCUT2D eigenvalue weighted by molar-refractivity contribution is 8.18. The predicted molar refractivity (Wildman–Crippen MR) is 100 cm³/mol. The molecule has 1 N–H and O–H groups in total. The molecule has 2 aliphatic heterocycles. The first-order valence-electron chi connectivity index (χ1n) is 8.91. The number of thioether (sulfide) groups is 1. The largest absolute Gasteiger partial charge is 0.396 e. The fourth-order valence-electron chi connectivity index (χ4n) is 3.37. The first-order chi connectivity index (χ1) is 13.0. The number of imide groups is 1. The van der Waals surface area contributed by atoms with Crippen molar-refractivity contribution in [1.82, 2.24) is 9.80 Å². The SMILES string of the molecule is O=C1S/C(=C\c2ccccc2F)C(=O)N1CC(=O)N1CCCC[C@@H]1CCO. The van der Waals surface area contributed by atoms with Crippen LogP contribution in [0.3, 0.4) is 0 Å². The molecule has 1 aromatic carbocycles. The van der Waals surface area contributed by atoms with Crippen molar-refractivity contribution in [2.75, 3.05) is 19.7 Å². The van der Waals surface area contributed by atoms with Crippen molar-refractivity contribution < 1.29 is 23.9 Å². The van der Waals surface area contributed by atoms with E-state index in [1.807, 2.05) is 0 Å². The second kappa shape index (κ2) is 8.67. The molecule has 0 bridgehead atoms. The highest BCUT2D eigenvalue weighted by Crippen LogP contribution is 2.33. The van der Waals surface area contributed by atoms with Crippen LogP contribution in [0.15, 0.2) is 29.2 Å². The number of amides is 3. The highest BCUT2D eigenvalue weighted by Gasteiger charge is 2.38. The lowest BCUT2D eigenvalue weighted by atomic mass is 9.99. The Morgan fingerprint density at radius 3 is 2.81 bits per heavy atom. The zero-order valence-electron chi connectivity index (χ0n) is 14.8. The van der Waals surface area contributed by atoms with E-state index in [-0.39, 0.29) is 35.6 Å². The number of aliphatic hydroxyl groups is 1. The van der Waals surface area contributed by atoms with Crippen LogP contribution in [0.2, 0.25) is 0 Å². The molecule has 0 radical (unpaired) electrons. The van der Waals surface area contributed by atoms with E-state index in [4.69, 9.17) is 0 Å². The fraction of sp³-hybridized carbons (Fsp3) is 0.421. The summed E-state index contributed by atoms with van der Waals surface area (Å²) in [5.74, 6) is -1.37. The highest BCUT2D eigenvalue weighted by atomic mass is 32.2. The molecule has 0 spiro atoms. The van der Waals surface area contributed by atoms with Crippen LogP contribution in [-0.4, -0.2) is 57.7 Å². The Morgan fingerprint density at radius 1 is 1.30 bits per heavy atom. The Hall–Kier alpha value is -2.19. The number of benzene rings is 1. The molecule has 2 heterocycles. The number of carbonyl (C=O) groups is 3. The molecular weight excluding hydrogens is 371 g/mol. The summed E-state index contributed by atoms with van der Waals surface area (Å²) < 4.78 is 13.8. The molecule has 0 aromatic heterocycles. The first kappa shape index (κ1) is 19.6. The molecule has 1 aromatic rings. The molecule has 2 aliphatic rings. The van der Waals surface area contributed by atoms with Gasteiger partial charge in [-0.25, -0.2) is 4.39 Å². The van der Waals surface area contributed by atoms with Crippen LogP contribution in [0.5, 0.6) is 0 Å². The molecule has 0 saturated carbocycles. The van der Waals surface area contributed by atoms with Crippen LogP contribution >= 0.6 is 11.8 Å². The van der Waals surface area contributed by atoms with Gasteiger partial charge in [0.25, 0.3) is 11.1 Å². The van der Waals surface area contributed by atoms with Gasteiger partial charge < -0.3 is 10.0 Å². The lowest BCUT2D eigenvalue weighted by Crippen LogP contribution is -2.49. The van der Waals surface area contributed by atoms with Crippen molar-refractivity contribution in [2.45, 2.75) is 31.7 Å². The van der Waals surface area contributed by atoms with Crippen molar-refractivity contribution in [2.24, 2.45) is 0 Å². The molecule has 8 heteroatoms. The Labute approximate surface area is 161 Å². The standard InChI is InChI=1S/C19H21FN2O4S/c20-15-7-2-1-5-13(15)11-16-18(25)22(19(26)27-16)12-17(24)21-9-4-3-6-14(21)8-10-23/h1-2,5,7,11,14,23H,3-4,6,8-10,12H2/b16-11-/t14-/m1/s1. The van der Waals surface area contributed by atoms with E-state index in [0.29, 0.717) is 24.7 Å². The zero-order valence-corrected chi connectivity index (χ0v) is 15.6. The average molecular weight is 392 g/mol. The van der Waals surface area contributed by atoms with Gasteiger partial charge in [-0.05, 0) is 49.6 Å². The number of likely N-dealkylation sites (tertiary alicyclic amines) is 1. The van der Waals surface area contributed by atoms with Gasteiger partial charge in [0, 0.05) is 24.8 Å². The minimum absolute atomic E-state index is 0.0125. The monoisotopic (exact) mass is 392 g/mol. The maximum absolute atomic E-state index is 13.8. The molecule has 144 valence electrons. The van der Waals surface area contributed by atoms with Gasteiger partial charge >= 0.3 is 0 Å². The van der Waals surface area contributed by atoms with E-state index >= 15 is 0 Å². The molecule has 3 amide bonds. The van der Waals surface area contributed by atoms with Crippen molar-refractivity contribution in [3.05, 3.63) is 40.6 Å². The number of carbonyl (C=O) groups excluding carboxylic acids is 3. The molecule has 27 heavy (non-hydrogen) atoms. The Kier molecular flexibility index (Phi) is 6.28. The Bertz CT molecular complexity index is 781.